The van der Waals surface area contributed by atoms with Crippen LogP contribution in [0.3, 0.4) is 0 Å². The van der Waals surface area contributed by atoms with E-state index in [1.165, 1.54) is 54.4 Å². The molecule has 1 aromatic heterocycles. The highest BCUT2D eigenvalue weighted by Gasteiger charge is 2.26. The second-order valence-corrected chi connectivity index (χ2v) is 7.47. The third-order valence-electron chi connectivity index (χ3n) is 6.04. The molecule has 25 heavy (non-hydrogen) atoms. The van der Waals surface area contributed by atoms with Crippen molar-refractivity contribution in [2.24, 2.45) is 0 Å². The van der Waals surface area contributed by atoms with E-state index >= 15 is 0 Å². The van der Waals surface area contributed by atoms with E-state index in [0.717, 1.165) is 6.42 Å². The van der Waals surface area contributed by atoms with Crippen LogP contribution < -0.4 is 0 Å². The summed E-state index contributed by atoms with van der Waals surface area (Å²) in [6, 6.07) is 18.0. The van der Waals surface area contributed by atoms with Crippen molar-refractivity contribution >= 4 is 0 Å². The van der Waals surface area contributed by atoms with Crippen molar-refractivity contribution in [3.63, 3.8) is 0 Å². The Bertz CT molecular complexity index is 911. The van der Waals surface area contributed by atoms with Gasteiger partial charge in [0.05, 0.1) is 0 Å². The third kappa shape index (κ3) is 2.59. The standard InChI is InChI=1S/C24H23N/c1-2-8-20-18(6-1)10-11-24-22-9-3-7-19(21(22)12-13-23(20)24)15-17-5-4-14-25-16-17/h1-2,4-6,8,12-14,16,19H,3,7,9-11,15H2. The van der Waals surface area contributed by atoms with E-state index < -0.39 is 0 Å². The van der Waals surface area contributed by atoms with Crippen molar-refractivity contribution in [1.82, 2.24) is 4.98 Å². The van der Waals surface area contributed by atoms with Gasteiger partial charge >= 0.3 is 0 Å². The van der Waals surface area contributed by atoms with Crippen LogP contribution in [0.1, 0.15) is 46.6 Å². The average Bonchev–Trinajstić information content (AvgIpc) is 2.68. The van der Waals surface area contributed by atoms with Gasteiger partial charge in [-0.15, -0.1) is 0 Å². The normalized spacial score (nSPS) is 18.2. The smallest absolute Gasteiger partial charge is 0.0300 e. The van der Waals surface area contributed by atoms with Crippen LogP contribution in [0, 0.1) is 0 Å². The summed E-state index contributed by atoms with van der Waals surface area (Å²) in [6.07, 6.45) is 11.3. The average molecular weight is 325 g/mol. The predicted molar refractivity (Wildman–Crippen MR) is 103 cm³/mol. The van der Waals surface area contributed by atoms with Crippen LogP contribution >= 0.6 is 0 Å². The molecule has 0 amide bonds. The molecule has 3 aromatic rings. The van der Waals surface area contributed by atoms with E-state index in [-0.39, 0.29) is 0 Å². The summed E-state index contributed by atoms with van der Waals surface area (Å²) in [5.74, 6) is 0.649. The summed E-state index contributed by atoms with van der Waals surface area (Å²) in [5.41, 5.74) is 10.7. The Morgan fingerprint density at radius 2 is 1.80 bits per heavy atom. The first-order chi connectivity index (χ1) is 12.4. The quantitative estimate of drug-likeness (QED) is 0.605. The molecule has 2 aliphatic rings. The minimum atomic E-state index is 0.649. The first-order valence-electron chi connectivity index (χ1n) is 9.52. The summed E-state index contributed by atoms with van der Waals surface area (Å²) >= 11 is 0. The SMILES string of the molecule is c1cncc(CC2CCCc3c2ccc2c3CCc3ccccc3-2)c1. The van der Waals surface area contributed by atoms with Crippen LogP contribution in [0.15, 0.2) is 60.9 Å². The molecule has 1 heterocycles. The molecule has 0 saturated heterocycles. The summed E-state index contributed by atoms with van der Waals surface area (Å²) < 4.78 is 0. The number of fused-ring (bicyclic) bond motifs is 5. The minimum Gasteiger partial charge on any atom is -0.264 e. The predicted octanol–water partition coefficient (Wildman–Crippen LogP) is 5.51. The highest BCUT2D eigenvalue weighted by molar-refractivity contribution is 5.75. The molecule has 0 N–H and O–H groups in total. The van der Waals surface area contributed by atoms with E-state index in [1.54, 1.807) is 16.7 Å². The lowest BCUT2D eigenvalue weighted by Gasteiger charge is -2.31. The van der Waals surface area contributed by atoms with Gasteiger partial charge in [-0.25, -0.2) is 0 Å². The number of nitrogens with zero attached hydrogens (tertiary/aromatic N) is 1. The van der Waals surface area contributed by atoms with Gasteiger partial charge in [-0.05, 0) is 89.5 Å². The van der Waals surface area contributed by atoms with Crippen molar-refractivity contribution in [2.45, 2.75) is 44.4 Å². The Morgan fingerprint density at radius 1 is 0.840 bits per heavy atom. The van der Waals surface area contributed by atoms with E-state index in [1.807, 2.05) is 12.4 Å². The van der Waals surface area contributed by atoms with Crippen LogP contribution in [0.2, 0.25) is 0 Å². The number of hydrogen-bond acceptors (Lipinski definition) is 1. The minimum absolute atomic E-state index is 0.649. The van der Waals surface area contributed by atoms with Crippen LogP contribution in [0.25, 0.3) is 11.1 Å². The van der Waals surface area contributed by atoms with Gasteiger partial charge in [0.15, 0.2) is 0 Å². The lowest BCUT2D eigenvalue weighted by atomic mass is 9.73. The molecule has 2 aromatic carbocycles. The summed E-state index contributed by atoms with van der Waals surface area (Å²) in [7, 11) is 0. The molecule has 5 rings (SSSR count). The Labute approximate surface area is 149 Å². The maximum Gasteiger partial charge on any atom is 0.0300 e. The van der Waals surface area contributed by atoms with Gasteiger partial charge in [0.25, 0.3) is 0 Å². The van der Waals surface area contributed by atoms with Crippen molar-refractivity contribution in [1.29, 1.82) is 0 Å². The summed E-state index contributed by atoms with van der Waals surface area (Å²) in [5, 5.41) is 0. The molecule has 1 unspecified atom stereocenters. The molecule has 0 spiro atoms. The summed E-state index contributed by atoms with van der Waals surface area (Å²) in [4.78, 5) is 4.30. The number of aromatic nitrogens is 1. The lowest BCUT2D eigenvalue weighted by Crippen LogP contribution is -2.17. The van der Waals surface area contributed by atoms with Gasteiger partial charge in [-0.3, -0.25) is 4.98 Å². The van der Waals surface area contributed by atoms with E-state index in [9.17, 15) is 0 Å². The van der Waals surface area contributed by atoms with E-state index in [2.05, 4.69) is 53.5 Å². The lowest BCUT2D eigenvalue weighted by molar-refractivity contribution is 0.546. The number of pyridine rings is 1. The molecule has 0 bridgehead atoms. The topological polar surface area (TPSA) is 12.9 Å². The number of aryl methyl sites for hydroxylation is 1. The Kier molecular flexibility index (Phi) is 3.66. The van der Waals surface area contributed by atoms with Crippen molar-refractivity contribution < 1.29 is 0 Å². The Balaban J connectivity index is 1.56. The zero-order chi connectivity index (χ0) is 16.6. The van der Waals surface area contributed by atoms with Crippen LogP contribution in [0.4, 0.5) is 0 Å². The number of hydrogen-bond donors (Lipinski definition) is 0. The second kappa shape index (κ2) is 6.15. The largest absolute Gasteiger partial charge is 0.264 e. The fourth-order valence-electron chi connectivity index (χ4n) is 4.88. The van der Waals surface area contributed by atoms with Crippen molar-refractivity contribution in [3.05, 3.63) is 88.7 Å². The van der Waals surface area contributed by atoms with Gasteiger partial charge < -0.3 is 0 Å². The molecule has 0 saturated carbocycles. The first kappa shape index (κ1) is 14.9. The molecule has 1 heteroatoms. The zero-order valence-electron chi connectivity index (χ0n) is 14.5. The second-order valence-electron chi connectivity index (χ2n) is 7.47. The Morgan fingerprint density at radius 3 is 2.72 bits per heavy atom. The van der Waals surface area contributed by atoms with Gasteiger partial charge in [0, 0.05) is 12.4 Å². The van der Waals surface area contributed by atoms with E-state index in [4.69, 9.17) is 0 Å². The monoisotopic (exact) mass is 325 g/mol. The van der Waals surface area contributed by atoms with Crippen LogP contribution in [-0.4, -0.2) is 4.98 Å². The van der Waals surface area contributed by atoms with Crippen molar-refractivity contribution in [3.8, 4) is 11.1 Å². The highest BCUT2D eigenvalue weighted by Crippen LogP contribution is 2.42. The molecule has 0 radical (unpaired) electrons. The fraction of sp³-hybridized carbons (Fsp3) is 0.292. The highest BCUT2D eigenvalue weighted by atomic mass is 14.6. The molecule has 1 nitrogen and oxygen atoms in total. The fourth-order valence-corrected chi connectivity index (χ4v) is 4.88. The van der Waals surface area contributed by atoms with Gasteiger partial charge in [0.1, 0.15) is 0 Å². The van der Waals surface area contributed by atoms with Crippen LogP contribution in [0.5, 0.6) is 0 Å². The summed E-state index contributed by atoms with van der Waals surface area (Å²) in [6.45, 7) is 0. The maximum atomic E-state index is 4.30. The molecule has 2 aliphatic carbocycles. The van der Waals surface area contributed by atoms with Gasteiger partial charge in [-0.1, -0.05) is 42.5 Å². The zero-order valence-corrected chi connectivity index (χ0v) is 14.5. The number of benzene rings is 2. The maximum absolute atomic E-state index is 4.30. The molecule has 0 aliphatic heterocycles. The number of rotatable bonds is 2. The Hall–Kier alpha value is -2.41. The molecular formula is C24H23N. The molecule has 0 fully saturated rings. The van der Waals surface area contributed by atoms with Crippen molar-refractivity contribution in [2.75, 3.05) is 0 Å². The van der Waals surface area contributed by atoms with E-state index in [0.29, 0.717) is 5.92 Å². The van der Waals surface area contributed by atoms with Gasteiger partial charge in [0.2, 0.25) is 0 Å². The molecular weight excluding hydrogens is 302 g/mol. The van der Waals surface area contributed by atoms with Gasteiger partial charge in [-0.2, -0.15) is 0 Å². The molecule has 1 atom stereocenters. The van der Waals surface area contributed by atoms with Crippen LogP contribution in [-0.2, 0) is 25.7 Å². The molecule has 124 valence electrons. The third-order valence-corrected chi connectivity index (χ3v) is 6.04. The first-order valence-corrected chi connectivity index (χ1v) is 9.52.